The number of rotatable bonds is 8. The molecule has 4 aliphatic carbocycles. The number of carbonyl (C=O) groups excluding carboxylic acids is 2. The summed E-state index contributed by atoms with van der Waals surface area (Å²) in [6, 6.07) is 10.2. The minimum Gasteiger partial charge on any atom is -0.456 e. The van der Waals surface area contributed by atoms with Crippen molar-refractivity contribution < 1.29 is 14.3 Å². The van der Waals surface area contributed by atoms with E-state index in [1.807, 2.05) is 18.2 Å². The van der Waals surface area contributed by atoms with Crippen molar-refractivity contribution in [3.05, 3.63) is 35.9 Å². The Labute approximate surface area is 162 Å². The Bertz CT molecular complexity index is 634. The summed E-state index contributed by atoms with van der Waals surface area (Å²) in [6.45, 7) is 0.469. The molecule has 1 aromatic rings. The zero-order chi connectivity index (χ0) is 18.7. The number of hydrogen-bond acceptors (Lipinski definition) is 3. The molecule has 0 spiro atoms. The smallest absolute Gasteiger partial charge is 0.306 e. The molecule has 0 saturated heterocycles. The molecule has 0 atom stereocenters. The molecule has 1 amide bonds. The number of ether oxygens (including phenoxy) is 1. The van der Waals surface area contributed by atoms with Crippen LogP contribution in [0.1, 0.15) is 56.9 Å². The van der Waals surface area contributed by atoms with Crippen LogP contribution >= 0.6 is 0 Å². The lowest BCUT2D eigenvalue weighted by molar-refractivity contribution is -0.155. The predicted octanol–water partition coefficient (Wildman–Crippen LogP) is 3.89. The molecular formula is C23H31NO3. The van der Waals surface area contributed by atoms with Crippen molar-refractivity contribution in [1.29, 1.82) is 0 Å². The number of aryl methyl sites for hydroxylation is 1. The monoisotopic (exact) mass is 369 g/mol. The van der Waals surface area contributed by atoms with Gasteiger partial charge in [0.2, 0.25) is 0 Å². The van der Waals surface area contributed by atoms with Crippen LogP contribution < -0.4 is 5.32 Å². The number of hydrogen-bond donors (Lipinski definition) is 1. The normalized spacial score (nSPS) is 30.9. The van der Waals surface area contributed by atoms with Crippen molar-refractivity contribution in [1.82, 2.24) is 5.32 Å². The van der Waals surface area contributed by atoms with E-state index < -0.39 is 0 Å². The zero-order valence-corrected chi connectivity index (χ0v) is 16.1. The lowest BCUT2D eigenvalue weighted by Gasteiger charge is -2.56. The molecule has 27 heavy (non-hydrogen) atoms. The lowest BCUT2D eigenvalue weighted by atomic mass is 9.49. The van der Waals surface area contributed by atoms with Gasteiger partial charge in [-0.15, -0.1) is 0 Å². The van der Waals surface area contributed by atoms with Crippen LogP contribution in [0.3, 0.4) is 0 Å². The van der Waals surface area contributed by atoms with E-state index in [-0.39, 0.29) is 23.9 Å². The van der Waals surface area contributed by atoms with E-state index in [2.05, 4.69) is 17.4 Å². The quantitative estimate of drug-likeness (QED) is 0.559. The van der Waals surface area contributed by atoms with Gasteiger partial charge < -0.3 is 10.1 Å². The van der Waals surface area contributed by atoms with E-state index in [1.165, 1.54) is 44.1 Å². The first-order chi connectivity index (χ1) is 13.1. The Balaban J connectivity index is 1.14. The summed E-state index contributed by atoms with van der Waals surface area (Å²) >= 11 is 0. The van der Waals surface area contributed by atoms with Crippen molar-refractivity contribution in [2.75, 3.05) is 13.2 Å². The van der Waals surface area contributed by atoms with E-state index in [0.717, 1.165) is 30.6 Å². The Morgan fingerprint density at radius 2 is 1.63 bits per heavy atom. The Hall–Kier alpha value is -1.84. The molecule has 1 N–H and O–H groups in total. The molecule has 0 heterocycles. The number of nitrogens with one attached hydrogen (secondary N) is 1. The van der Waals surface area contributed by atoms with Crippen LogP contribution in [-0.4, -0.2) is 25.0 Å². The van der Waals surface area contributed by atoms with Gasteiger partial charge >= 0.3 is 5.97 Å². The van der Waals surface area contributed by atoms with E-state index in [0.29, 0.717) is 13.0 Å². The van der Waals surface area contributed by atoms with Gasteiger partial charge in [-0.05, 0) is 80.1 Å². The minimum atomic E-state index is -0.193. The zero-order valence-electron chi connectivity index (χ0n) is 16.1. The molecule has 4 heteroatoms. The molecule has 4 nitrogen and oxygen atoms in total. The average Bonchev–Trinajstić information content (AvgIpc) is 2.63. The molecule has 5 rings (SSSR count). The van der Waals surface area contributed by atoms with Gasteiger partial charge in [0, 0.05) is 6.54 Å². The van der Waals surface area contributed by atoms with Gasteiger partial charge in [-0.2, -0.15) is 0 Å². The second-order valence-electron chi connectivity index (χ2n) is 9.19. The van der Waals surface area contributed by atoms with Crippen molar-refractivity contribution in [3.8, 4) is 0 Å². The highest BCUT2D eigenvalue weighted by Crippen LogP contribution is 2.61. The van der Waals surface area contributed by atoms with E-state index in [1.54, 1.807) is 0 Å². The van der Waals surface area contributed by atoms with Crippen LogP contribution in [0.2, 0.25) is 0 Å². The minimum absolute atomic E-state index is 0.142. The van der Waals surface area contributed by atoms with Crippen molar-refractivity contribution in [2.24, 2.45) is 23.2 Å². The van der Waals surface area contributed by atoms with E-state index in [4.69, 9.17) is 4.74 Å². The Kier molecular flexibility index (Phi) is 5.51. The number of carbonyl (C=O) groups is 2. The fraction of sp³-hybridized carbons (Fsp3) is 0.652. The van der Waals surface area contributed by atoms with Crippen molar-refractivity contribution in [2.45, 2.75) is 57.8 Å². The van der Waals surface area contributed by atoms with Gasteiger partial charge in [0.25, 0.3) is 5.91 Å². The maximum absolute atomic E-state index is 12.3. The van der Waals surface area contributed by atoms with Gasteiger partial charge in [0.05, 0.1) is 6.42 Å². The fourth-order valence-corrected chi connectivity index (χ4v) is 6.23. The summed E-state index contributed by atoms with van der Waals surface area (Å²) in [5.41, 5.74) is 1.45. The summed E-state index contributed by atoms with van der Waals surface area (Å²) in [6.07, 6.45) is 10.0. The fourth-order valence-electron chi connectivity index (χ4n) is 6.23. The number of esters is 1. The first-order valence-electron chi connectivity index (χ1n) is 10.6. The molecule has 4 fully saturated rings. The molecule has 1 aromatic carbocycles. The Morgan fingerprint density at radius 3 is 2.26 bits per heavy atom. The third-order valence-electron chi connectivity index (χ3n) is 6.86. The van der Waals surface area contributed by atoms with Crippen LogP contribution in [0.4, 0.5) is 0 Å². The highest BCUT2D eigenvalue weighted by molar-refractivity contribution is 5.80. The average molecular weight is 370 g/mol. The third kappa shape index (κ3) is 4.72. The molecule has 4 aliphatic rings. The molecule has 0 unspecified atom stereocenters. The second-order valence-corrected chi connectivity index (χ2v) is 9.19. The first-order valence-corrected chi connectivity index (χ1v) is 10.6. The van der Waals surface area contributed by atoms with Gasteiger partial charge in [0.1, 0.15) is 0 Å². The highest BCUT2D eigenvalue weighted by atomic mass is 16.5. The maximum atomic E-state index is 12.3. The number of amides is 1. The van der Waals surface area contributed by atoms with Crippen molar-refractivity contribution >= 4 is 11.9 Å². The summed E-state index contributed by atoms with van der Waals surface area (Å²) in [7, 11) is 0. The van der Waals surface area contributed by atoms with Gasteiger partial charge in [-0.25, -0.2) is 0 Å². The van der Waals surface area contributed by atoms with Crippen LogP contribution in [0.5, 0.6) is 0 Å². The molecule has 146 valence electrons. The molecule has 4 saturated carbocycles. The summed E-state index contributed by atoms with van der Waals surface area (Å²) in [5.74, 6) is 2.11. The molecule has 0 aromatic heterocycles. The Morgan fingerprint density at radius 1 is 1.00 bits per heavy atom. The SMILES string of the molecule is O=C(COC(=O)CC12CC3CC(CC(C3)C1)C2)NCCCc1ccccc1. The molecule has 0 radical (unpaired) electrons. The van der Waals surface area contributed by atoms with Gasteiger partial charge in [-0.3, -0.25) is 9.59 Å². The topological polar surface area (TPSA) is 55.4 Å². The molecule has 4 bridgehead atoms. The number of benzene rings is 1. The van der Waals surface area contributed by atoms with Crippen LogP contribution in [0.25, 0.3) is 0 Å². The van der Waals surface area contributed by atoms with Gasteiger partial charge in [-0.1, -0.05) is 30.3 Å². The van der Waals surface area contributed by atoms with Crippen LogP contribution in [0, 0.1) is 23.2 Å². The summed E-state index contributed by atoms with van der Waals surface area (Å²) < 4.78 is 5.31. The van der Waals surface area contributed by atoms with Crippen LogP contribution in [0.15, 0.2) is 30.3 Å². The molecular weight excluding hydrogens is 338 g/mol. The largest absolute Gasteiger partial charge is 0.456 e. The van der Waals surface area contributed by atoms with Crippen LogP contribution in [-0.2, 0) is 20.7 Å². The highest BCUT2D eigenvalue weighted by Gasteiger charge is 2.51. The summed E-state index contributed by atoms with van der Waals surface area (Å²) in [4.78, 5) is 24.3. The molecule has 0 aliphatic heterocycles. The van der Waals surface area contributed by atoms with E-state index in [9.17, 15) is 9.59 Å². The summed E-state index contributed by atoms with van der Waals surface area (Å²) in [5, 5.41) is 2.85. The van der Waals surface area contributed by atoms with Crippen molar-refractivity contribution in [3.63, 3.8) is 0 Å². The maximum Gasteiger partial charge on any atom is 0.306 e. The first kappa shape index (κ1) is 18.5. The third-order valence-corrected chi connectivity index (χ3v) is 6.86. The van der Waals surface area contributed by atoms with Gasteiger partial charge in [0.15, 0.2) is 6.61 Å². The standard InChI is InChI=1S/C23H31NO3/c25-21(24-8-4-7-17-5-2-1-3-6-17)16-27-22(26)15-23-12-18-9-19(13-23)11-20(10-18)14-23/h1-3,5-6,18-20H,4,7-16H2,(H,24,25). The second kappa shape index (κ2) is 8.04. The lowest BCUT2D eigenvalue weighted by Crippen LogP contribution is -2.47. The van der Waals surface area contributed by atoms with E-state index >= 15 is 0 Å². The predicted molar refractivity (Wildman–Crippen MR) is 104 cm³/mol.